The highest BCUT2D eigenvalue weighted by Crippen LogP contribution is 2.20. The standard InChI is InChI=1S/C18H22N2O5S/c1-20(14-7-8-26(23,24)11-14)17(21)6-3-12-9-13-10-15(25-2)4-5-16(13)19-18(12)22/h4-5,9-10,14H,3,6-8,11H2,1-2H3,(H,19,22). The van der Waals surface area contributed by atoms with Crippen molar-refractivity contribution in [3.05, 3.63) is 40.2 Å². The van der Waals surface area contributed by atoms with E-state index in [1.54, 1.807) is 32.4 Å². The molecule has 0 aliphatic carbocycles. The van der Waals surface area contributed by atoms with Crippen LogP contribution in [0.15, 0.2) is 29.1 Å². The minimum absolute atomic E-state index is 0.0194. The predicted molar refractivity (Wildman–Crippen MR) is 99.3 cm³/mol. The van der Waals surface area contributed by atoms with Gasteiger partial charge in [0.05, 0.1) is 18.6 Å². The molecule has 0 saturated carbocycles. The number of nitrogens with zero attached hydrogens (tertiary/aromatic N) is 1. The number of aromatic nitrogens is 1. The van der Waals surface area contributed by atoms with Gasteiger partial charge >= 0.3 is 0 Å². The number of hydrogen-bond acceptors (Lipinski definition) is 5. The maximum atomic E-state index is 12.4. The number of rotatable bonds is 5. The highest BCUT2D eigenvalue weighted by atomic mass is 32.2. The van der Waals surface area contributed by atoms with Crippen molar-refractivity contribution in [3.63, 3.8) is 0 Å². The largest absolute Gasteiger partial charge is 0.497 e. The molecule has 2 aromatic rings. The van der Waals surface area contributed by atoms with Gasteiger partial charge in [-0.15, -0.1) is 0 Å². The molecule has 1 N–H and O–H groups in total. The molecule has 26 heavy (non-hydrogen) atoms. The first-order valence-electron chi connectivity index (χ1n) is 8.45. The van der Waals surface area contributed by atoms with E-state index in [0.717, 1.165) is 5.39 Å². The highest BCUT2D eigenvalue weighted by Gasteiger charge is 2.32. The first-order valence-corrected chi connectivity index (χ1v) is 10.3. The van der Waals surface area contributed by atoms with E-state index in [2.05, 4.69) is 4.98 Å². The summed E-state index contributed by atoms with van der Waals surface area (Å²) in [6.07, 6.45) is 0.928. The smallest absolute Gasteiger partial charge is 0.251 e. The van der Waals surface area contributed by atoms with Crippen LogP contribution in [0.5, 0.6) is 5.75 Å². The Bertz CT molecular complexity index is 996. The fourth-order valence-electron chi connectivity index (χ4n) is 3.25. The number of nitrogens with one attached hydrogen (secondary N) is 1. The van der Waals surface area contributed by atoms with Crippen molar-refractivity contribution in [2.75, 3.05) is 25.7 Å². The van der Waals surface area contributed by atoms with Gasteiger partial charge in [-0.1, -0.05) is 0 Å². The zero-order valence-electron chi connectivity index (χ0n) is 14.8. The van der Waals surface area contributed by atoms with E-state index in [0.29, 0.717) is 29.7 Å². The van der Waals surface area contributed by atoms with Gasteiger partial charge in [0.2, 0.25) is 5.91 Å². The lowest BCUT2D eigenvalue weighted by atomic mass is 10.1. The molecule has 1 saturated heterocycles. The molecule has 1 aromatic heterocycles. The molecule has 2 heterocycles. The minimum Gasteiger partial charge on any atom is -0.497 e. The van der Waals surface area contributed by atoms with Crippen LogP contribution in [0.2, 0.25) is 0 Å². The molecular formula is C18H22N2O5S. The van der Waals surface area contributed by atoms with Gasteiger partial charge < -0.3 is 14.6 Å². The summed E-state index contributed by atoms with van der Waals surface area (Å²) in [5.74, 6) is 0.679. The summed E-state index contributed by atoms with van der Waals surface area (Å²) in [5.41, 5.74) is 1.01. The Labute approximate surface area is 151 Å². The van der Waals surface area contributed by atoms with Crippen LogP contribution in [0.3, 0.4) is 0 Å². The van der Waals surface area contributed by atoms with Crippen molar-refractivity contribution < 1.29 is 17.9 Å². The molecule has 1 aliphatic rings. The van der Waals surface area contributed by atoms with Crippen LogP contribution < -0.4 is 10.3 Å². The Balaban J connectivity index is 1.71. The predicted octanol–water partition coefficient (Wildman–Crippen LogP) is 1.11. The number of ether oxygens (including phenoxy) is 1. The second-order valence-electron chi connectivity index (χ2n) is 6.64. The Morgan fingerprint density at radius 2 is 2.12 bits per heavy atom. The Hall–Kier alpha value is -2.35. The van der Waals surface area contributed by atoms with Crippen LogP contribution >= 0.6 is 0 Å². The third-order valence-electron chi connectivity index (χ3n) is 4.89. The number of methoxy groups -OCH3 is 1. The summed E-state index contributed by atoms with van der Waals surface area (Å²) in [7, 11) is 0.164. The molecule has 1 unspecified atom stereocenters. The summed E-state index contributed by atoms with van der Waals surface area (Å²) in [5, 5.41) is 0.835. The third-order valence-corrected chi connectivity index (χ3v) is 6.64. The molecule has 1 aromatic carbocycles. The number of benzene rings is 1. The molecule has 1 aliphatic heterocycles. The lowest BCUT2D eigenvalue weighted by molar-refractivity contribution is -0.131. The summed E-state index contributed by atoms with van der Waals surface area (Å²) in [6.45, 7) is 0. The second kappa shape index (κ2) is 7.11. The average molecular weight is 378 g/mol. The second-order valence-corrected chi connectivity index (χ2v) is 8.87. The number of carbonyl (C=O) groups excluding carboxylic acids is 1. The van der Waals surface area contributed by atoms with E-state index in [4.69, 9.17) is 4.74 Å². The van der Waals surface area contributed by atoms with Crippen LogP contribution in [-0.4, -0.2) is 55.9 Å². The number of H-pyrrole nitrogens is 1. The van der Waals surface area contributed by atoms with E-state index in [-0.39, 0.29) is 35.4 Å². The molecule has 7 nitrogen and oxygen atoms in total. The number of fused-ring (bicyclic) bond motifs is 1. The molecule has 0 radical (unpaired) electrons. The Morgan fingerprint density at radius 1 is 1.35 bits per heavy atom. The van der Waals surface area contributed by atoms with Crippen LogP contribution in [0.4, 0.5) is 0 Å². The number of aromatic amines is 1. The van der Waals surface area contributed by atoms with Gasteiger partial charge in [0.15, 0.2) is 9.84 Å². The maximum absolute atomic E-state index is 12.4. The van der Waals surface area contributed by atoms with Gasteiger partial charge in [-0.3, -0.25) is 9.59 Å². The van der Waals surface area contributed by atoms with E-state index < -0.39 is 9.84 Å². The molecule has 8 heteroatoms. The quantitative estimate of drug-likeness (QED) is 0.841. The number of amides is 1. The van der Waals surface area contributed by atoms with Gasteiger partial charge in [-0.25, -0.2) is 8.42 Å². The summed E-state index contributed by atoms with van der Waals surface area (Å²) in [6, 6.07) is 6.87. The first-order chi connectivity index (χ1) is 12.3. The van der Waals surface area contributed by atoms with Crippen molar-refractivity contribution in [2.45, 2.75) is 25.3 Å². The van der Waals surface area contributed by atoms with Crippen LogP contribution in [-0.2, 0) is 21.1 Å². The van der Waals surface area contributed by atoms with Gasteiger partial charge in [0.1, 0.15) is 5.75 Å². The molecule has 1 fully saturated rings. The molecular weight excluding hydrogens is 356 g/mol. The maximum Gasteiger partial charge on any atom is 0.251 e. The van der Waals surface area contributed by atoms with Gasteiger partial charge in [0.25, 0.3) is 5.56 Å². The number of sulfone groups is 1. The fraction of sp³-hybridized carbons (Fsp3) is 0.444. The molecule has 1 amide bonds. The molecule has 0 spiro atoms. The SMILES string of the molecule is COc1ccc2[nH]c(=O)c(CCC(=O)N(C)C3CCS(=O)(=O)C3)cc2c1. The van der Waals surface area contributed by atoms with Crippen LogP contribution in [0.1, 0.15) is 18.4 Å². The lowest BCUT2D eigenvalue weighted by Crippen LogP contribution is -2.38. The van der Waals surface area contributed by atoms with E-state index in [9.17, 15) is 18.0 Å². The monoisotopic (exact) mass is 378 g/mol. The zero-order chi connectivity index (χ0) is 18.9. The van der Waals surface area contributed by atoms with Crippen LogP contribution in [0, 0.1) is 0 Å². The number of carbonyl (C=O) groups is 1. The van der Waals surface area contributed by atoms with Gasteiger partial charge in [0, 0.05) is 36.0 Å². The fourth-order valence-corrected chi connectivity index (χ4v) is 5.02. The molecule has 140 valence electrons. The number of hydrogen-bond donors (Lipinski definition) is 1. The van der Waals surface area contributed by atoms with Crippen molar-refractivity contribution in [3.8, 4) is 5.75 Å². The molecule has 0 bridgehead atoms. The van der Waals surface area contributed by atoms with Crippen molar-refractivity contribution >= 4 is 26.6 Å². The third kappa shape index (κ3) is 3.90. The van der Waals surface area contributed by atoms with E-state index in [1.165, 1.54) is 4.90 Å². The number of aryl methyl sites for hydroxylation is 1. The normalized spacial score (nSPS) is 18.8. The topological polar surface area (TPSA) is 96.5 Å². The molecule has 3 rings (SSSR count). The van der Waals surface area contributed by atoms with Crippen molar-refractivity contribution in [2.24, 2.45) is 0 Å². The summed E-state index contributed by atoms with van der Waals surface area (Å²) < 4.78 is 28.3. The van der Waals surface area contributed by atoms with Crippen molar-refractivity contribution in [1.82, 2.24) is 9.88 Å². The average Bonchev–Trinajstić information content (AvgIpc) is 2.98. The number of pyridine rings is 1. The van der Waals surface area contributed by atoms with E-state index >= 15 is 0 Å². The minimum atomic E-state index is -3.04. The summed E-state index contributed by atoms with van der Waals surface area (Å²) >= 11 is 0. The van der Waals surface area contributed by atoms with Crippen LogP contribution in [0.25, 0.3) is 10.9 Å². The Kier molecular flexibility index (Phi) is 5.04. The summed E-state index contributed by atoms with van der Waals surface area (Å²) in [4.78, 5) is 28.9. The first kappa shape index (κ1) is 18.4. The van der Waals surface area contributed by atoms with Gasteiger partial charge in [-0.2, -0.15) is 0 Å². The highest BCUT2D eigenvalue weighted by molar-refractivity contribution is 7.91. The molecule has 1 atom stereocenters. The zero-order valence-corrected chi connectivity index (χ0v) is 15.6. The Morgan fingerprint density at radius 3 is 2.77 bits per heavy atom. The lowest BCUT2D eigenvalue weighted by Gasteiger charge is -2.23. The van der Waals surface area contributed by atoms with Crippen molar-refractivity contribution in [1.29, 1.82) is 0 Å². The van der Waals surface area contributed by atoms with E-state index in [1.807, 2.05) is 6.07 Å². The van der Waals surface area contributed by atoms with Gasteiger partial charge in [-0.05, 0) is 37.1 Å².